The molecule has 0 saturated carbocycles. The Bertz CT molecular complexity index is 790. The van der Waals surface area contributed by atoms with Crippen LogP contribution in [0.3, 0.4) is 0 Å². The number of hydrogen-bond acceptors (Lipinski definition) is 2. The molecule has 2 nitrogen and oxygen atoms in total. The molecule has 34 heavy (non-hydrogen) atoms. The number of hydrogen-bond donors (Lipinski definition) is 0. The average molecular weight is 469 g/mol. The van der Waals surface area contributed by atoms with Crippen molar-refractivity contribution in [2.24, 2.45) is 0 Å². The first kappa shape index (κ1) is 30.4. The summed E-state index contributed by atoms with van der Waals surface area (Å²) < 4.78 is 0. The molecule has 0 N–H and O–H groups in total. The van der Waals surface area contributed by atoms with Gasteiger partial charge in [-0.05, 0) is 60.8 Å². The van der Waals surface area contributed by atoms with E-state index in [0.29, 0.717) is 0 Å². The van der Waals surface area contributed by atoms with Gasteiger partial charge in [-0.3, -0.25) is 0 Å². The highest BCUT2D eigenvalue weighted by Crippen LogP contribution is 2.39. The van der Waals surface area contributed by atoms with Crippen LogP contribution in [0.15, 0.2) is 48.5 Å². The average Bonchev–Trinajstić information content (AvgIpc) is 2.76. The second kappa shape index (κ2) is 12.4. The number of benzene rings is 2. The molecule has 2 heteroatoms. The summed E-state index contributed by atoms with van der Waals surface area (Å²) in [4.78, 5) is 12.3. The van der Waals surface area contributed by atoms with E-state index in [9.17, 15) is 0 Å². The molecular weight excluding hydrogens is 416 g/mol. The van der Waals surface area contributed by atoms with E-state index in [2.05, 4.69) is 132 Å². The van der Waals surface area contributed by atoms with Crippen molar-refractivity contribution < 1.29 is 9.78 Å². The zero-order chi connectivity index (χ0) is 26.2. The molecule has 2 aromatic rings. The molecule has 0 aromatic heterocycles. The molecule has 0 aliphatic heterocycles. The molecule has 0 radical (unpaired) electrons. The highest BCUT2D eigenvalue weighted by atomic mass is 17.2. The van der Waals surface area contributed by atoms with Crippen molar-refractivity contribution in [3.63, 3.8) is 0 Å². The van der Waals surface area contributed by atoms with Crippen molar-refractivity contribution >= 4 is 0 Å². The van der Waals surface area contributed by atoms with Gasteiger partial charge in [0.1, 0.15) is 11.2 Å². The normalized spacial score (nSPS) is 12.8. The van der Waals surface area contributed by atoms with Gasteiger partial charge in [0.05, 0.1) is 0 Å². The molecule has 0 heterocycles. The van der Waals surface area contributed by atoms with E-state index in [4.69, 9.17) is 9.78 Å². The Labute approximate surface area is 211 Å². The van der Waals surface area contributed by atoms with E-state index in [1.807, 2.05) is 0 Å². The third-order valence-corrected chi connectivity index (χ3v) is 6.18. The van der Waals surface area contributed by atoms with Crippen LogP contribution in [-0.2, 0) is 31.8 Å². The smallest absolute Gasteiger partial charge is 0.123 e. The Balaban J connectivity index is 0.000000852. The van der Waals surface area contributed by atoms with Gasteiger partial charge in [0.2, 0.25) is 0 Å². The highest BCUT2D eigenvalue weighted by Gasteiger charge is 2.35. The van der Waals surface area contributed by atoms with Crippen LogP contribution >= 0.6 is 0 Å². The Morgan fingerprint density at radius 2 is 0.735 bits per heavy atom. The summed E-state index contributed by atoms with van der Waals surface area (Å²) >= 11 is 0. The van der Waals surface area contributed by atoms with Crippen LogP contribution in [0.5, 0.6) is 0 Å². The standard InChI is InChI=1S/C26H38O2.C6H14/c1-23(2,3)19-15-11-13-17-21(19)25(7,8)27-28-26(9,10)22-18-14-12-16-20(22)24(4,5)6;1-3-5-6-4-2/h11-18H,1-10H3;3-6H2,1-2H3. The van der Waals surface area contributed by atoms with Crippen LogP contribution in [0, 0.1) is 0 Å². The Hall–Kier alpha value is -1.64. The predicted octanol–water partition coefficient (Wildman–Crippen LogP) is 9.99. The lowest BCUT2D eigenvalue weighted by Crippen LogP contribution is -2.33. The molecule has 0 atom stereocenters. The molecule has 0 amide bonds. The largest absolute Gasteiger partial charge is 0.225 e. The fourth-order valence-electron chi connectivity index (χ4n) is 4.12. The summed E-state index contributed by atoms with van der Waals surface area (Å²) in [6.45, 7) is 26.1. The van der Waals surface area contributed by atoms with Crippen LogP contribution in [0.25, 0.3) is 0 Å². The Morgan fingerprint density at radius 3 is 0.971 bits per heavy atom. The van der Waals surface area contributed by atoms with Crippen molar-refractivity contribution in [1.82, 2.24) is 0 Å². The van der Waals surface area contributed by atoms with Gasteiger partial charge >= 0.3 is 0 Å². The molecule has 192 valence electrons. The maximum Gasteiger partial charge on any atom is 0.123 e. The fraction of sp³-hybridized carbons (Fsp3) is 0.625. The third-order valence-electron chi connectivity index (χ3n) is 6.18. The van der Waals surface area contributed by atoms with E-state index in [1.165, 1.54) is 36.8 Å². The van der Waals surface area contributed by atoms with Crippen molar-refractivity contribution in [3.8, 4) is 0 Å². The van der Waals surface area contributed by atoms with Crippen LogP contribution in [0.4, 0.5) is 0 Å². The van der Waals surface area contributed by atoms with E-state index < -0.39 is 11.2 Å². The van der Waals surface area contributed by atoms with Crippen LogP contribution in [0.1, 0.15) is 131 Å². The Kier molecular flexibility index (Phi) is 11.0. The van der Waals surface area contributed by atoms with Gasteiger partial charge in [0.15, 0.2) is 0 Å². The van der Waals surface area contributed by atoms with E-state index in [-0.39, 0.29) is 10.8 Å². The lowest BCUT2D eigenvalue weighted by Gasteiger charge is -2.36. The monoisotopic (exact) mass is 468 g/mol. The minimum Gasteiger partial charge on any atom is -0.225 e. The first-order chi connectivity index (χ1) is 15.6. The molecule has 0 aliphatic rings. The zero-order valence-corrected chi connectivity index (χ0v) is 24.3. The maximum atomic E-state index is 6.14. The van der Waals surface area contributed by atoms with Gasteiger partial charge in [-0.25, -0.2) is 9.78 Å². The summed E-state index contributed by atoms with van der Waals surface area (Å²) in [5.74, 6) is 0. The van der Waals surface area contributed by atoms with Crippen LogP contribution < -0.4 is 0 Å². The first-order valence-electron chi connectivity index (χ1n) is 13.1. The van der Waals surface area contributed by atoms with Crippen molar-refractivity contribution in [3.05, 3.63) is 70.8 Å². The predicted molar refractivity (Wildman–Crippen MR) is 148 cm³/mol. The number of unbranched alkanes of at least 4 members (excludes halogenated alkanes) is 3. The first-order valence-corrected chi connectivity index (χ1v) is 13.1. The quantitative estimate of drug-likeness (QED) is 0.218. The maximum absolute atomic E-state index is 6.14. The molecule has 0 aliphatic carbocycles. The fourth-order valence-corrected chi connectivity index (χ4v) is 4.12. The van der Waals surface area contributed by atoms with Gasteiger partial charge in [-0.1, -0.05) is 130 Å². The molecular formula is C32H52O2. The van der Waals surface area contributed by atoms with Gasteiger partial charge in [0, 0.05) is 0 Å². The minimum absolute atomic E-state index is 0.0333. The number of rotatable bonds is 8. The second-order valence-corrected chi connectivity index (χ2v) is 12.5. The molecule has 0 saturated heterocycles. The molecule has 0 bridgehead atoms. The molecule has 2 aromatic carbocycles. The topological polar surface area (TPSA) is 18.5 Å². The van der Waals surface area contributed by atoms with Gasteiger partial charge in [-0.2, -0.15) is 0 Å². The molecule has 0 fully saturated rings. The minimum atomic E-state index is -0.572. The summed E-state index contributed by atoms with van der Waals surface area (Å²) in [6.07, 6.45) is 5.54. The van der Waals surface area contributed by atoms with E-state index >= 15 is 0 Å². The van der Waals surface area contributed by atoms with Crippen molar-refractivity contribution in [2.45, 2.75) is 131 Å². The lowest BCUT2D eigenvalue weighted by atomic mass is 9.79. The lowest BCUT2D eigenvalue weighted by molar-refractivity contribution is -0.410. The SMILES string of the molecule is CC(C)(C)c1ccccc1C(C)(C)OOC(C)(C)c1ccccc1C(C)(C)C.CCCCCC. The highest BCUT2D eigenvalue weighted by molar-refractivity contribution is 5.37. The zero-order valence-electron chi connectivity index (χ0n) is 24.3. The van der Waals surface area contributed by atoms with E-state index in [1.54, 1.807) is 0 Å². The summed E-state index contributed by atoms with van der Waals surface area (Å²) in [5, 5.41) is 0. The van der Waals surface area contributed by atoms with Gasteiger partial charge < -0.3 is 0 Å². The molecule has 0 unspecified atom stereocenters. The van der Waals surface area contributed by atoms with Crippen LogP contribution in [0.2, 0.25) is 0 Å². The van der Waals surface area contributed by atoms with Crippen LogP contribution in [-0.4, -0.2) is 0 Å². The molecule has 2 rings (SSSR count). The summed E-state index contributed by atoms with van der Waals surface area (Å²) in [7, 11) is 0. The summed E-state index contributed by atoms with van der Waals surface area (Å²) in [6, 6.07) is 16.9. The van der Waals surface area contributed by atoms with Crippen molar-refractivity contribution in [1.29, 1.82) is 0 Å². The second-order valence-electron chi connectivity index (χ2n) is 12.5. The van der Waals surface area contributed by atoms with Crippen molar-refractivity contribution in [2.75, 3.05) is 0 Å². The van der Waals surface area contributed by atoms with Gasteiger partial charge in [-0.15, -0.1) is 0 Å². The van der Waals surface area contributed by atoms with Gasteiger partial charge in [0.25, 0.3) is 0 Å². The third kappa shape index (κ3) is 8.86. The van der Waals surface area contributed by atoms with E-state index in [0.717, 1.165) is 11.1 Å². The summed E-state index contributed by atoms with van der Waals surface area (Å²) in [5.41, 5.74) is 3.78. The molecule has 0 spiro atoms. The Morgan fingerprint density at radius 1 is 0.471 bits per heavy atom.